The number of anilines is 1. The molecule has 0 fully saturated rings. The number of aromatic amines is 2. The van der Waals surface area contributed by atoms with Crippen LogP contribution in [0.1, 0.15) is 12.5 Å². The minimum Gasteiger partial charge on any atom is -0.491 e. The Labute approximate surface area is 143 Å². The molecule has 2 aromatic carbocycles. The van der Waals surface area contributed by atoms with Crippen molar-refractivity contribution in [1.29, 1.82) is 0 Å². The van der Waals surface area contributed by atoms with E-state index in [1.807, 2.05) is 37.3 Å². The number of hydrogen-bond acceptors (Lipinski definition) is 4. The summed E-state index contributed by atoms with van der Waals surface area (Å²) in [5.41, 5.74) is 3.17. The van der Waals surface area contributed by atoms with Gasteiger partial charge in [0.15, 0.2) is 11.5 Å². The van der Waals surface area contributed by atoms with Crippen molar-refractivity contribution >= 4 is 28.3 Å². The molecule has 1 aromatic heterocycles. The average molecular weight is 348 g/mol. The van der Waals surface area contributed by atoms with E-state index in [-0.39, 0.29) is 5.69 Å². The summed E-state index contributed by atoms with van der Waals surface area (Å²) in [6, 6.07) is 9.37. The van der Waals surface area contributed by atoms with Crippen LogP contribution in [0.25, 0.3) is 11.0 Å². The number of H-pyrrole nitrogens is 2. The first-order valence-corrected chi connectivity index (χ1v) is 7.93. The normalized spacial score (nSPS) is 10.8. The molecule has 126 valence electrons. The Morgan fingerprint density at radius 1 is 1.17 bits per heavy atom. The van der Waals surface area contributed by atoms with Crippen molar-refractivity contribution in [3.05, 3.63) is 51.4 Å². The maximum atomic E-state index is 11.3. The highest BCUT2D eigenvalue weighted by Gasteiger charge is 2.11. The van der Waals surface area contributed by atoms with Gasteiger partial charge in [-0.1, -0.05) is 11.6 Å². The molecule has 0 bridgehead atoms. The Morgan fingerprint density at radius 2 is 1.96 bits per heavy atom. The number of halogens is 1. The van der Waals surface area contributed by atoms with Crippen LogP contribution < -0.4 is 20.5 Å². The van der Waals surface area contributed by atoms with Gasteiger partial charge in [-0.3, -0.25) is 0 Å². The summed E-state index contributed by atoms with van der Waals surface area (Å²) in [7, 11) is 1.56. The number of hydrogen-bond donors (Lipinski definition) is 3. The molecule has 0 saturated carbocycles. The van der Waals surface area contributed by atoms with Crippen molar-refractivity contribution in [2.75, 3.05) is 19.0 Å². The summed E-state index contributed by atoms with van der Waals surface area (Å²) in [4.78, 5) is 16.8. The smallest absolute Gasteiger partial charge is 0.323 e. The molecule has 0 unspecified atom stereocenters. The summed E-state index contributed by atoms with van der Waals surface area (Å²) in [6.07, 6.45) is 0. The fraction of sp³-hybridized carbons (Fsp3) is 0.235. The number of rotatable bonds is 6. The molecule has 0 atom stereocenters. The topological polar surface area (TPSA) is 79.1 Å². The lowest BCUT2D eigenvalue weighted by molar-refractivity contribution is 0.310. The molecular formula is C17H18ClN3O3. The van der Waals surface area contributed by atoms with Crippen LogP contribution in [0.5, 0.6) is 11.5 Å². The van der Waals surface area contributed by atoms with Crippen molar-refractivity contribution < 1.29 is 9.47 Å². The van der Waals surface area contributed by atoms with Crippen molar-refractivity contribution in [2.45, 2.75) is 13.5 Å². The van der Waals surface area contributed by atoms with Crippen molar-refractivity contribution in [3.8, 4) is 11.5 Å². The molecule has 6 nitrogen and oxygen atoms in total. The number of methoxy groups -OCH3 is 1. The SMILES string of the molecule is CCOc1cc(CNc2ccc3[nH]c(=O)[nH]c3c2)cc(Cl)c1OC. The quantitative estimate of drug-likeness (QED) is 0.637. The number of imidazole rings is 1. The fourth-order valence-electron chi connectivity index (χ4n) is 2.53. The van der Waals surface area contributed by atoms with Gasteiger partial charge in [-0.15, -0.1) is 0 Å². The minimum atomic E-state index is -0.217. The Kier molecular flexibility index (Phi) is 4.66. The van der Waals surface area contributed by atoms with Gasteiger partial charge in [0.25, 0.3) is 0 Å². The van der Waals surface area contributed by atoms with E-state index in [0.29, 0.717) is 29.7 Å². The highest BCUT2D eigenvalue weighted by molar-refractivity contribution is 6.32. The summed E-state index contributed by atoms with van der Waals surface area (Å²) in [6.45, 7) is 3.00. The monoisotopic (exact) mass is 347 g/mol. The van der Waals surface area contributed by atoms with E-state index in [4.69, 9.17) is 21.1 Å². The molecule has 0 aliphatic heterocycles. The number of benzene rings is 2. The van der Waals surface area contributed by atoms with Gasteiger partial charge in [-0.05, 0) is 42.8 Å². The molecule has 0 aliphatic carbocycles. The molecule has 1 heterocycles. The Balaban J connectivity index is 1.80. The highest BCUT2D eigenvalue weighted by atomic mass is 35.5. The molecule has 3 rings (SSSR count). The van der Waals surface area contributed by atoms with Crippen LogP contribution in [-0.2, 0) is 6.54 Å². The Morgan fingerprint density at radius 3 is 2.71 bits per heavy atom. The van der Waals surface area contributed by atoms with E-state index in [2.05, 4.69) is 15.3 Å². The maximum absolute atomic E-state index is 11.3. The van der Waals surface area contributed by atoms with Crippen LogP contribution in [0.15, 0.2) is 35.1 Å². The third-order valence-electron chi connectivity index (χ3n) is 3.59. The highest BCUT2D eigenvalue weighted by Crippen LogP contribution is 2.36. The van der Waals surface area contributed by atoms with Crippen LogP contribution >= 0.6 is 11.6 Å². The zero-order valence-corrected chi connectivity index (χ0v) is 14.2. The van der Waals surface area contributed by atoms with Gasteiger partial charge in [0, 0.05) is 12.2 Å². The zero-order valence-electron chi connectivity index (χ0n) is 13.4. The number of fused-ring (bicyclic) bond motifs is 1. The standard InChI is InChI=1S/C17H18ClN3O3/c1-3-24-15-7-10(6-12(18)16(15)23-2)9-19-11-4-5-13-14(8-11)21-17(22)20-13/h4-8,19H,3,9H2,1-2H3,(H2,20,21,22). The van der Waals surface area contributed by atoms with Gasteiger partial charge in [-0.25, -0.2) is 4.79 Å². The average Bonchev–Trinajstić information content (AvgIpc) is 2.92. The zero-order chi connectivity index (χ0) is 17.1. The first-order valence-electron chi connectivity index (χ1n) is 7.56. The predicted molar refractivity (Wildman–Crippen MR) is 95.4 cm³/mol. The van der Waals surface area contributed by atoms with Gasteiger partial charge in [0.05, 0.1) is 29.8 Å². The minimum absolute atomic E-state index is 0.217. The molecule has 24 heavy (non-hydrogen) atoms. The first-order chi connectivity index (χ1) is 11.6. The van der Waals surface area contributed by atoms with Gasteiger partial charge < -0.3 is 24.8 Å². The van der Waals surface area contributed by atoms with Crippen LogP contribution in [0.2, 0.25) is 5.02 Å². The molecule has 0 aliphatic rings. The Bertz CT molecular complexity index is 917. The molecular weight excluding hydrogens is 330 g/mol. The Hall–Kier alpha value is -2.60. The molecule has 0 radical (unpaired) electrons. The second kappa shape index (κ2) is 6.88. The lowest BCUT2D eigenvalue weighted by Gasteiger charge is -2.14. The van der Waals surface area contributed by atoms with E-state index >= 15 is 0 Å². The second-order valence-electron chi connectivity index (χ2n) is 5.24. The van der Waals surface area contributed by atoms with Gasteiger partial charge in [-0.2, -0.15) is 0 Å². The number of nitrogens with one attached hydrogen (secondary N) is 3. The van der Waals surface area contributed by atoms with Crippen LogP contribution in [-0.4, -0.2) is 23.7 Å². The predicted octanol–water partition coefficient (Wildman–Crippen LogP) is 3.53. The van der Waals surface area contributed by atoms with E-state index < -0.39 is 0 Å². The fourth-order valence-corrected chi connectivity index (χ4v) is 2.84. The van der Waals surface area contributed by atoms with Crippen molar-refractivity contribution in [1.82, 2.24) is 9.97 Å². The van der Waals surface area contributed by atoms with Gasteiger partial charge >= 0.3 is 5.69 Å². The maximum Gasteiger partial charge on any atom is 0.323 e. The summed E-state index contributed by atoms with van der Waals surface area (Å²) in [5, 5.41) is 3.81. The molecule has 0 amide bonds. The molecule has 3 aromatic rings. The third kappa shape index (κ3) is 3.33. The second-order valence-corrected chi connectivity index (χ2v) is 5.64. The molecule has 0 spiro atoms. The van der Waals surface area contributed by atoms with E-state index in [1.165, 1.54) is 0 Å². The molecule has 0 saturated heterocycles. The third-order valence-corrected chi connectivity index (χ3v) is 3.87. The van der Waals surface area contributed by atoms with Crippen LogP contribution in [0.4, 0.5) is 5.69 Å². The summed E-state index contributed by atoms with van der Waals surface area (Å²) >= 11 is 6.26. The van der Waals surface area contributed by atoms with Gasteiger partial charge in [0.2, 0.25) is 0 Å². The largest absolute Gasteiger partial charge is 0.491 e. The van der Waals surface area contributed by atoms with Crippen molar-refractivity contribution in [2.24, 2.45) is 0 Å². The molecule has 7 heteroatoms. The lowest BCUT2D eigenvalue weighted by Crippen LogP contribution is -2.02. The lowest BCUT2D eigenvalue weighted by atomic mass is 10.2. The first kappa shape index (κ1) is 16.3. The van der Waals surface area contributed by atoms with E-state index in [0.717, 1.165) is 22.3 Å². The summed E-state index contributed by atoms with van der Waals surface area (Å²) in [5.74, 6) is 1.16. The van der Waals surface area contributed by atoms with Crippen molar-refractivity contribution in [3.63, 3.8) is 0 Å². The van der Waals surface area contributed by atoms with E-state index in [9.17, 15) is 4.79 Å². The van der Waals surface area contributed by atoms with Crippen LogP contribution in [0, 0.1) is 0 Å². The summed E-state index contributed by atoms with van der Waals surface area (Å²) < 4.78 is 10.9. The molecule has 3 N–H and O–H groups in total. The van der Waals surface area contributed by atoms with Crippen LogP contribution in [0.3, 0.4) is 0 Å². The number of aromatic nitrogens is 2. The van der Waals surface area contributed by atoms with Gasteiger partial charge in [0.1, 0.15) is 0 Å². The number of ether oxygens (including phenoxy) is 2. The van der Waals surface area contributed by atoms with E-state index in [1.54, 1.807) is 7.11 Å².